The zero-order chi connectivity index (χ0) is 4.28. The highest BCUT2D eigenvalue weighted by atomic mass is 16.4. The van der Waals surface area contributed by atoms with E-state index < -0.39 is 6.09 Å². The molecular formula is CH3N2O2. The Morgan fingerprint density at radius 1 is 2.00 bits per heavy atom. The quantitative estimate of drug-likeness (QED) is 0.379. The Morgan fingerprint density at radius 3 is 2.20 bits per heavy atom. The minimum Gasteiger partial charge on any atom is -0.464 e. The van der Waals surface area contributed by atoms with Gasteiger partial charge in [0.05, 0.1) is 0 Å². The van der Waals surface area contributed by atoms with Crippen molar-refractivity contribution in [3.63, 3.8) is 0 Å². The summed E-state index contributed by atoms with van der Waals surface area (Å²) in [6.45, 7) is 0. The number of nitrogens with one attached hydrogen (secondary N) is 2. The van der Waals surface area contributed by atoms with Gasteiger partial charge in [-0.05, 0) is 0 Å². The van der Waals surface area contributed by atoms with Crippen LogP contribution in [0, 0.1) is 0 Å². The van der Waals surface area contributed by atoms with Crippen LogP contribution >= 0.6 is 0 Å². The first-order valence-electron chi connectivity index (χ1n) is 0.928. The van der Waals surface area contributed by atoms with Crippen LogP contribution in [-0.4, -0.2) is 11.2 Å². The first kappa shape index (κ1) is 4.23. The molecule has 0 aliphatic carbocycles. The maximum absolute atomic E-state index is 9.07. The second kappa shape index (κ2) is 1.54. The summed E-state index contributed by atoms with van der Waals surface area (Å²) >= 11 is 0. The van der Waals surface area contributed by atoms with Crippen LogP contribution < -0.4 is 11.3 Å². The van der Waals surface area contributed by atoms with Crippen molar-refractivity contribution in [1.82, 2.24) is 11.3 Å². The molecular weight excluding hydrogens is 72.0 g/mol. The Labute approximate surface area is 28.6 Å². The zero-order valence-corrected chi connectivity index (χ0v) is 2.36. The van der Waals surface area contributed by atoms with Crippen LogP contribution in [0.4, 0.5) is 4.79 Å². The van der Waals surface area contributed by atoms with E-state index in [2.05, 4.69) is 0 Å². The van der Waals surface area contributed by atoms with E-state index in [0.29, 0.717) is 0 Å². The lowest BCUT2D eigenvalue weighted by atomic mass is 11.3. The highest BCUT2D eigenvalue weighted by molar-refractivity contribution is 5.63. The largest absolute Gasteiger partial charge is 0.464 e. The average Bonchev–Trinajstić information content (AvgIpc) is 1.38. The molecule has 0 atom stereocenters. The number of amides is 1. The molecule has 0 aliphatic rings. The third-order valence-electron chi connectivity index (χ3n) is 0.107. The van der Waals surface area contributed by atoms with Crippen molar-refractivity contribution in [3.05, 3.63) is 0 Å². The smallest absolute Gasteiger partial charge is 0.420 e. The summed E-state index contributed by atoms with van der Waals surface area (Å²) in [6, 6.07) is 0. The van der Waals surface area contributed by atoms with Gasteiger partial charge in [0.15, 0.2) is 0 Å². The van der Waals surface area contributed by atoms with Gasteiger partial charge in [-0.15, -0.1) is 5.84 Å². The lowest BCUT2D eigenvalue weighted by Crippen LogP contribution is -2.16. The van der Waals surface area contributed by atoms with Crippen molar-refractivity contribution in [1.29, 1.82) is 0 Å². The molecule has 0 heterocycles. The number of hydrogen-bond donors (Lipinski definition) is 2. The van der Waals surface area contributed by atoms with Gasteiger partial charge in [-0.25, -0.2) is 10.2 Å². The summed E-state index contributed by atoms with van der Waals surface area (Å²) < 4.78 is 0. The minimum atomic E-state index is -1.33. The topological polar surface area (TPSA) is 73.1 Å². The van der Waals surface area contributed by atoms with E-state index >= 15 is 0 Å². The van der Waals surface area contributed by atoms with Crippen molar-refractivity contribution in [2.75, 3.05) is 0 Å². The number of rotatable bonds is 0. The van der Waals surface area contributed by atoms with Crippen LogP contribution in [0.5, 0.6) is 0 Å². The van der Waals surface area contributed by atoms with Crippen LogP contribution in [0.25, 0.3) is 0 Å². The zero-order valence-electron chi connectivity index (χ0n) is 2.36. The Kier molecular flexibility index (Phi) is 1.30. The summed E-state index contributed by atoms with van der Waals surface area (Å²) in [5.41, 5.74) is 1.19. The third kappa shape index (κ3) is 3.23. The third-order valence-corrected chi connectivity index (χ3v) is 0.107. The number of carboxylic acid groups (broad SMARTS) is 1. The average molecular weight is 75.0 g/mol. The lowest BCUT2D eigenvalue weighted by molar-refractivity contribution is 0.194. The van der Waals surface area contributed by atoms with Gasteiger partial charge < -0.3 is 5.11 Å². The van der Waals surface area contributed by atoms with E-state index in [1.165, 1.54) is 5.43 Å². The van der Waals surface area contributed by atoms with Crippen LogP contribution in [0.15, 0.2) is 0 Å². The normalized spacial score (nSPS) is 6.60. The summed E-state index contributed by atoms with van der Waals surface area (Å²) in [7, 11) is 0. The van der Waals surface area contributed by atoms with Gasteiger partial charge in [0.25, 0.3) is 0 Å². The first-order chi connectivity index (χ1) is 2.27. The van der Waals surface area contributed by atoms with E-state index in [9.17, 15) is 0 Å². The van der Waals surface area contributed by atoms with E-state index in [4.69, 9.17) is 15.7 Å². The van der Waals surface area contributed by atoms with E-state index in [-0.39, 0.29) is 0 Å². The second-order valence-corrected chi connectivity index (χ2v) is 0.430. The van der Waals surface area contributed by atoms with E-state index in [0.717, 1.165) is 0 Å². The molecule has 0 aliphatic heterocycles. The molecule has 0 spiro atoms. The van der Waals surface area contributed by atoms with Gasteiger partial charge in [-0.1, -0.05) is 0 Å². The maximum atomic E-state index is 9.07. The summed E-state index contributed by atoms with van der Waals surface area (Å²) in [6.07, 6.45) is -1.33. The Hall–Kier alpha value is -0.770. The van der Waals surface area contributed by atoms with Gasteiger partial charge in [-0.3, -0.25) is 0 Å². The van der Waals surface area contributed by atoms with Crippen LogP contribution in [-0.2, 0) is 0 Å². The molecule has 0 bridgehead atoms. The fraction of sp³-hybridized carbons (Fsp3) is 0. The summed E-state index contributed by atoms with van der Waals surface area (Å²) in [5.74, 6) is 5.81. The first-order valence-corrected chi connectivity index (χ1v) is 0.928. The molecule has 5 heavy (non-hydrogen) atoms. The van der Waals surface area contributed by atoms with Crippen LogP contribution in [0.3, 0.4) is 0 Å². The SMILES string of the molecule is [NH]NC(=O)O. The van der Waals surface area contributed by atoms with Crippen molar-refractivity contribution in [3.8, 4) is 0 Å². The molecule has 0 aromatic heterocycles. The molecule has 0 aromatic carbocycles. The molecule has 1 radical (unpaired) electrons. The standard InChI is InChI=1S/CH3N2O2/c2-3-1(4)5/h2-3H,(H,4,5). The number of hydrogen-bond acceptors (Lipinski definition) is 1. The van der Waals surface area contributed by atoms with Crippen LogP contribution in [0.2, 0.25) is 0 Å². The fourth-order valence-corrected chi connectivity index (χ4v) is 0. The molecule has 0 unspecified atom stereocenters. The molecule has 0 saturated carbocycles. The fourth-order valence-electron chi connectivity index (χ4n) is 0. The molecule has 0 saturated heterocycles. The Bertz CT molecular complexity index is 42.9. The molecule has 0 fully saturated rings. The molecule has 29 valence electrons. The summed E-state index contributed by atoms with van der Waals surface area (Å²) in [4.78, 5) is 9.07. The van der Waals surface area contributed by atoms with Crippen molar-refractivity contribution in [2.24, 2.45) is 0 Å². The van der Waals surface area contributed by atoms with Gasteiger partial charge in [0.2, 0.25) is 0 Å². The van der Waals surface area contributed by atoms with Crippen LogP contribution in [0.1, 0.15) is 0 Å². The predicted molar refractivity (Wildman–Crippen MR) is 14.3 cm³/mol. The van der Waals surface area contributed by atoms with Gasteiger partial charge in [0.1, 0.15) is 0 Å². The van der Waals surface area contributed by atoms with Crippen molar-refractivity contribution >= 4 is 6.09 Å². The maximum Gasteiger partial charge on any atom is 0.420 e. The highest BCUT2D eigenvalue weighted by Crippen LogP contribution is 1.44. The van der Waals surface area contributed by atoms with Crippen molar-refractivity contribution < 1.29 is 9.90 Å². The monoisotopic (exact) mass is 75.0 g/mol. The highest BCUT2D eigenvalue weighted by Gasteiger charge is 1.78. The molecule has 4 heteroatoms. The van der Waals surface area contributed by atoms with E-state index in [1.807, 2.05) is 0 Å². The molecule has 0 aromatic rings. The molecule has 3 N–H and O–H groups in total. The Balaban J connectivity index is 2.85. The van der Waals surface area contributed by atoms with Crippen molar-refractivity contribution in [2.45, 2.75) is 0 Å². The molecule has 1 amide bonds. The van der Waals surface area contributed by atoms with Gasteiger partial charge >= 0.3 is 6.09 Å². The van der Waals surface area contributed by atoms with Gasteiger partial charge in [-0.2, -0.15) is 0 Å². The van der Waals surface area contributed by atoms with Gasteiger partial charge in [0, 0.05) is 0 Å². The summed E-state index contributed by atoms with van der Waals surface area (Å²) in [5, 5.41) is 7.42. The lowest BCUT2D eigenvalue weighted by Gasteiger charge is -1.77. The molecule has 0 rings (SSSR count). The minimum absolute atomic E-state index is 1.19. The van der Waals surface area contributed by atoms with E-state index in [1.54, 1.807) is 0 Å². The molecule has 4 nitrogen and oxygen atoms in total. The predicted octanol–water partition coefficient (Wildman–Crippen LogP) is -0.548. The second-order valence-electron chi connectivity index (χ2n) is 0.430. The number of carbonyl (C=O) groups is 1. The Morgan fingerprint density at radius 2 is 2.20 bits per heavy atom.